The molecule has 0 aliphatic rings. The summed E-state index contributed by atoms with van der Waals surface area (Å²) in [5.74, 6) is -0.101. The number of thioether (sulfide) groups is 1. The van der Waals surface area contributed by atoms with Gasteiger partial charge in [-0.25, -0.2) is 0 Å². The van der Waals surface area contributed by atoms with Crippen molar-refractivity contribution in [3.8, 4) is 0 Å². The summed E-state index contributed by atoms with van der Waals surface area (Å²) in [6.07, 6.45) is 0.348. The first kappa shape index (κ1) is 14.6. The summed E-state index contributed by atoms with van der Waals surface area (Å²) in [6.45, 7) is 6.03. The van der Waals surface area contributed by atoms with E-state index >= 15 is 0 Å². The Kier molecular flexibility index (Phi) is 5.50. The zero-order valence-corrected chi connectivity index (χ0v) is 11.6. The van der Waals surface area contributed by atoms with E-state index < -0.39 is 6.10 Å². The SMILES string of the molecule is CC[C@@](C)(Sc1ccccc1)[C@@H](O)[C@H](C)CO. The molecule has 0 bridgehead atoms. The Morgan fingerprint density at radius 1 is 1.29 bits per heavy atom. The third kappa shape index (κ3) is 3.73. The molecule has 0 amide bonds. The van der Waals surface area contributed by atoms with E-state index in [-0.39, 0.29) is 17.3 Å². The second-order valence-corrected chi connectivity index (χ2v) is 6.29. The molecule has 96 valence electrons. The maximum Gasteiger partial charge on any atom is 0.0734 e. The molecular formula is C14H22O2S. The second kappa shape index (κ2) is 6.43. The minimum absolute atomic E-state index is 0.0199. The van der Waals surface area contributed by atoms with Crippen LogP contribution in [0.4, 0.5) is 0 Å². The molecule has 3 atom stereocenters. The smallest absolute Gasteiger partial charge is 0.0734 e. The first-order chi connectivity index (χ1) is 8.03. The van der Waals surface area contributed by atoms with Gasteiger partial charge in [-0.3, -0.25) is 0 Å². The molecule has 1 aromatic carbocycles. The number of hydrogen-bond acceptors (Lipinski definition) is 3. The van der Waals surface area contributed by atoms with Crippen LogP contribution in [0.25, 0.3) is 0 Å². The van der Waals surface area contributed by atoms with Crippen LogP contribution in [0.2, 0.25) is 0 Å². The Balaban J connectivity index is 2.82. The Morgan fingerprint density at radius 3 is 2.35 bits per heavy atom. The zero-order chi connectivity index (χ0) is 12.9. The Morgan fingerprint density at radius 2 is 1.88 bits per heavy atom. The number of benzene rings is 1. The van der Waals surface area contributed by atoms with Gasteiger partial charge in [0.15, 0.2) is 0 Å². The topological polar surface area (TPSA) is 40.5 Å². The standard InChI is InChI=1S/C14H22O2S/c1-4-14(3,13(16)11(2)10-15)17-12-8-6-5-7-9-12/h5-9,11,13,15-16H,4,10H2,1-3H3/t11-,13+,14-/m1/s1. The lowest BCUT2D eigenvalue weighted by Crippen LogP contribution is -2.41. The molecule has 0 fully saturated rings. The fourth-order valence-electron chi connectivity index (χ4n) is 1.80. The molecule has 0 spiro atoms. The molecule has 3 heteroatoms. The van der Waals surface area contributed by atoms with Gasteiger partial charge in [-0.2, -0.15) is 0 Å². The van der Waals surface area contributed by atoms with Crippen molar-refractivity contribution in [2.45, 2.75) is 42.9 Å². The normalized spacial score (nSPS) is 18.4. The molecule has 0 unspecified atom stereocenters. The van der Waals surface area contributed by atoms with Crippen LogP contribution in [0.3, 0.4) is 0 Å². The van der Waals surface area contributed by atoms with Crippen molar-refractivity contribution in [2.75, 3.05) is 6.61 Å². The molecule has 17 heavy (non-hydrogen) atoms. The Bertz CT molecular complexity index is 328. The molecule has 0 saturated carbocycles. The Hall–Kier alpha value is -0.510. The van der Waals surface area contributed by atoms with Gasteiger partial charge >= 0.3 is 0 Å². The van der Waals surface area contributed by atoms with Crippen LogP contribution < -0.4 is 0 Å². The van der Waals surface area contributed by atoms with Gasteiger partial charge in [-0.05, 0) is 25.5 Å². The van der Waals surface area contributed by atoms with Gasteiger partial charge in [-0.15, -0.1) is 11.8 Å². The highest BCUT2D eigenvalue weighted by Gasteiger charge is 2.35. The van der Waals surface area contributed by atoms with Gasteiger partial charge in [0.1, 0.15) is 0 Å². The monoisotopic (exact) mass is 254 g/mol. The van der Waals surface area contributed by atoms with Crippen LogP contribution >= 0.6 is 11.8 Å². The molecule has 1 rings (SSSR count). The van der Waals surface area contributed by atoms with E-state index in [9.17, 15) is 5.11 Å². The highest BCUT2D eigenvalue weighted by Crippen LogP contribution is 2.40. The Labute approximate surface area is 108 Å². The van der Waals surface area contributed by atoms with Gasteiger partial charge in [0.2, 0.25) is 0 Å². The fourth-order valence-corrected chi connectivity index (χ4v) is 3.13. The van der Waals surface area contributed by atoms with Crippen molar-refractivity contribution >= 4 is 11.8 Å². The lowest BCUT2D eigenvalue weighted by molar-refractivity contribution is 0.0490. The second-order valence-electron chi connectivity index (χ2n) is 4.69. The summed E-state index contributed by atoms with van der Waals surface area (Å²) in [5.41, 5.74) is 0. The van der Waals surface area contributed by atoms with Gasteiger partial charge in [0.05, 0.1) is 6.10 Å². The minimum Gasteiger partial charge on any atom is -0.396 e. The molecule has 2 N–H and O–H groups in total. The maximum atomic E-state index is 10.3. The summed E-state index contributed by atoms with van der Waals surface area (Å²) in [4.78, 5) is 1.15. The van der Waals surface area contributed by atoms with Gasteiger partial charge in [0.25, 0.3) is 0 Å². The molecule has 0 aliphatic carbocycles. The van der Waals surface area contributed by atoms with Crippen molar-refractivity contribution in [3.63, 3.8) is 0 Å². The first-order valence-corrected chi connectivity index (χ1v) is 6.88. The predicted octanol–water partition coefficient (Wildman–Crippen LogP) is 2.94. The fraction of sp³-hybridized carbons (Fsp3) is 0.571. The van der Waals surface area contributed by atoms with Crippen molar-refractivity contribution < 1.29 is 10.2 Å². The van der Waals surface area contributed by atoms with Crippen LogP contribution in [0.1, 0.15) is 27.2 Å². The quantitative estimate of drug-likeness (QED) is 0.767. The molecule has 0 aromatic heterocycles. The van der Waals surface area contributed by atoms with Crippen LogP contribution in [-0.2, 0) is 0 Å². The van der Waals surface area contributed by atoms with Crippen molar-refractivity contribution in [1.82, 2.24) is 0 Å². The predicted molar refractivity (Wildman–Crippen MR) is 73.3 cm³/mol. The average Bonchev–Trinajstić information content (AvgIpc) is 2.37. The van der Waals surface area contributed by atoms with Gasteiger partial charge in [-0.1, -0.05) is 32.0 Å². The van der Waals surface area contributed by atoms with Crippen LogP contribution in [0.15, 0.2) is 35.2 Å². The van der Waals surface area contributed by atoms with Gasteiger partial charge in [0, 0.05) is 22.2 Å². The maximum absolute atomic E-state index is 10.3. The first-order valence-electron chi connectivity index (χ1n) is 6.06. The number of aliphatic hydroxyl groups is 2. The van der Waals surface area contributed by atoms with E-state index in [0.29, 0.717) is 0 Å². The van der Waals surface area contributed by atoms with E-state index in [1.54, 1.807) is 11.8 Å². The highest BCUT2D eigenvalue weighted by atomic mass is 32.2. The molecule has 0 saturated heterocycles. The third-order valence-electron chi connectivity index (χ3n) is 3.25. The van der Waals surface area contributed by atoms with E-state index in [1.165, 1.54) is 0 Å². The largest absolute Gasteiger partial charge is 0.396 e. The lowest BCUT2D eigenvalue weighted by Gasteiger charge is -2.36. The van der Waals surface area contributed by atoms with E-state index in [2.05, 4.69) is 26.0 Å². The van der Waals surface area contributed by atoms with Gasteiger partial charge < -0.3 is 10.2 Å². The number of aliphatic hydroxyl groups excluding tert-OH is 2. The molecule has 0 heterocycles. The summed E-state index contributed by atoms with van der Waals surface area (Å²) in [7, 11) is 0. The lowest BCUT2D eigenvalue weighted by atomic mass is 9.91. The van der Waals surface area contributed by atoms with Crippen molar-refractivity contribution in [2.24, 2.45) is 5.92 Å². The third-order valence-corrected chi connectivity index (χ3v) is 4.75. The molecule has 0 aliphatic heterocycles. The van der Waals surface area contributed by atoms with E-state index in [1.807, 2.05) is 25.1 Å². The van der Waals surface area contributed by atoms with Crippen LogP contribution in [0, 0.1) is 5.92 Å². The molecule has 1 aromatic rings. The number of hydrogen-bond donors (Lipinski definition) is 2. The average molecular weight is 254 g/mol. The van der Waals surface area contributed by atoms with Crippen molar-refractivity contribution in [3.05, 3.63) is 30.3 Å². The summed E-state index contributed by atoms with van der Waals surface area (Å²) in [5, 5.41) is 19.5. The van der Waals surface area contributed by atoms with Crippen molar-refractivity contribution in [1.29, 1.82) is 0 Å². The molecule has 2 nitrogen and oxygen atoms in total. The summed E-state index contributed by atoms with van der Waals surface area (Å²) in [6, 6.07) is 10.1. The molecule has 0 radical (unpaired) electrons. The van der Waals surface area contributed by atoms with E-state index in [4.69, 9.17) is 5.11 Å². The summed E-state index contributed by atoms with van der Waals surface area (Å²) < 4.78 is -0.260. The summed E-state index contributed by atoms with van der Waals surface area (Å²) >= 11 is 1.68. The van der Waals surface area contributed by atoms with Crippen LogP contribution in [0.5, 0.6) is 0 Å². The number of rotatable bonds is 6. The minimum atomic E-state index is -0.511. The highest BCUT2D eigenvalue weighted by molar-refractivity contribution is 8.00. The van der Waals surface area contributed by atoms with Crippen LogP contribution in [-0.4, -0.2) is 27.7 Å². The van der Waals surface area contributed by atoms with E-state index in [0.717, 1.165) is 11.3 Å². The molecular weight excluding hydrogens is 232 g/mol. The zero-order valence-electron chi connectivity index (χ0n) is 10.8.